The third-order valence-corrected chi connectivity index (χ3v) is 9.78. The van der Waals surface area contributed by atoms with Crippen LogP contribution >= 0.6 is 7.82 Å². The number of esters is 2. The minimum absolute atomic E-state index is 0.0434. The molecule has 3 atom stereocenters. The monoisotopic (exact) mass is 860 g/mol. The maximum Gasteiger partial charge on any atom is 0.472 e. The molecule has 0 aliphatic heterocycles. The Hall–Kier alpha value is -3.60. The second-order valence-electron chi connectivity index (χ2n) is 14.4. The number of carboxylic acid groups (broad SMARTS) is 1. The SMILES string of the molecule is CC/C=C/C/C=C/C/C=C/C/C=C/C/C=C/C/C=C/CCCCCCC(=O)OCC(COP(=O)(O)OC[C@H](N)C(=O)O)OC(=O)CC/C=C/C/C=C/CCCCCCCC. The summed E-state index contributed by atoms with van der Waals surface area (Å²) in [6.45, 7) is 2.57. The summed E-state index contributed by atoms with van der Waals surface area (Å²) in [6.07, 6.45) is 53.5. The Morgan fingerprint density at radius 3 is 1.47 bits per heavy atom. The van der Waals surface area contributed by atoms with E-state index < -0.39 is 51.1 Å². The highest BCUT2D eigenvalue weighted by Crippen LogP contribution is 2.43. The highest BCUT2D eigenvalue weighted by Gasteiger charge is 2.28. The number of rotatable bonds is 40. The molecule has 0 aromatic rings. The topological polar surface area (TPSA) is 172 Å². The van der Waals surface area contributed by atoms with Crippen molar-refractivity contribution in [2.24, 2.45) is 5.73 Å². The lowest BCUT2D eigenvalue weighted by molar-refractivity contribution is -0.161. The molecule has 0 aromatic carbocycles. The van der Waals surface area contributed by atoms with E-state index in [4.69, 9.17) is 24.8 Å². The number of carbonyl (C=O) groups is 3. The largest absolute Gasteiger partial charge is 0.480 e. The van der Waals surface area contributed by atoms with Crippen LogP contribution < -0.4 is 5.73 Å². The zero-order valence-corrected chi connectivity index (χ0v) is 37.6. The fourth-order valence-electron chi connectivity index (χ4n) is 5.35. The molecular weight excluding hydrogens is 781 g/mol. The summed E-state index contributed by atoms with van der Waals surface area (Å²) in [5.74, 6) is -2.51. The lowest BCUT2D eigenvalue weighted by atomic mass is 10.1. The molecule has 0 fully saturated rings. The molecular formula is C48H78NO10P. The van der Waals surface area contributed by atoms with Crippen molar-refractivity contribution in [3.8, 4) is 0 Å². The zero-order chi connectivity index (χ0) is 44.2. The van der Waals surface area contributed by atoms with Gasteiger partial charge < -0.3 is 25.2 Å². The van der Waals surface area contributed by atoms with Crippen molar-refractivity contribution >= 4 is 25.7 Å². The summed E-state index contributed by atoms with van der Waals surface area (Å²) >= 11 is 0. The maximum atomic E-state index is 12.6. The first-order chi connectivity index (χ1) is 29.1. The van der Waals surface area contributed by atoms with E-state index in [9.17, 15) is 23.8 Å². The van der Waals surface area contributed by atoms with E-state index in [1.54, 1.807) is 0 Å². The third kappa shape index (κ3) is 41.1. The van der Waals surface area contributed by atoms with Crippen LogP contribution in [-0.2, 0) is 37.5 Å². The van der Waals surface area contributed by atoms with Gasteiger partial charge in [0.2, 0.25) is 0 Å². The predicted molar refractivity (Wildman–Crippen MR) is 244 cm³/mol. The van der Waals surface area contributed by atoms with Crippen LogP contribution in [0.25, 0.3) is 0 Å². The fraction of sp³-hybridized carbons (Fsp3) is 0.604. The number of ether oxygens (including phenoxy) is 2. The second kappa shape index (κ2) is 42.1. The Morgan fingerprint density at radius 2 is 0.967 bits per heavy atom. The molecule has 0 rings (SSSR count). The van der Waals surface area contributed by atoms with E-state index in [-0.39, 0.29) is 19.4 Å². The molecule has 0 aromatic heterocycles. The van der Waals surface area contributed by atoms with Gasteiger partial charge in [-0.1, -0.05) is 156 Å². The van der Waals surface area contributed by atoms with E-state index in [0.29, 0.717) is 12.8 Å². The van der Waals surface area contributed by atoms with E-state index in [1.807, 2.05) is 12.2 Å². The number of hydrogen-bond acceptors (Lipinski definition) is 9. The van der Waals surface area contributed by atoms with Gasteiger partial charge in [0.1, 0.15) is 12.6 Å². The number of carbonyl (C=O) groups excluding carboxylic acids is 2. The molecule has 0 heterocycles. The number of nitrogens with two attached hydrogens (primary N) is 1. The second-order valence-corrected chi connectivity index (χ2v) is 15.9. The fourth-order valence-corrected chi connectivity index (χ4v) is 6.13. The number of allylic oxidation sites excluding steroid dienone is 16. The number of aliphatic carboxylic acids is 1. The van der Waals surface area contributed by atoms with Gasteiger partial charge in [0.15, 0.2) is 6.10 Å². The summed E-state index contributed by atoms with van der Waals surface area (Å²) < 4.78 is 32.6. The highest BCUT2D eigenvalue weighted by atomic mass is 31.2. The molecule has 4 N–H and O–H groups in total. The van der Waals surface area contributed by atoms with Crippen LogP contribution in [0.2, 0.25) is 0 Å². The number of phosphoric ester groups is 1. The maximum absolute atomic E-state index is 12.6. The summed E-state index contributed by atoms with van der Waals surface area (Å²) in [6, 6.07) is -1.54. The van der Waals surface area contributed by atoms with Gasteiger partial charge in [0.25, 0.3) is 0 Å². The standard InChI is InChI=1S/C48H78NO10P/c1-3-5-7-9-11-13-15-17-18-19-20-21-22-23-24-25-26-28-29-31-33-35-37-39-46(50)56-41-44(42-57-60(54,55)58-43-45(49)48(52)53)59-47(51)40-38-36-34-32-30-27-16-14-12-10-8-6-4-2/h5,7,11,13,17-18,20-21,23-24,26-28,30,34,36,44-45H,3-4,6,8-10,12,14-16,19,22,25,29,31-33,35,37-43,49H2,1-2H3,(H,52,53)(H,54,55)/b7-5+,13-11+,18-17+,21-20+,24-23+,28-26+,30-27+,36-34+/t44?,45-/m0/s1. The molecule has 2 unspecified atom stereocenters. The van der Waals surface area contributed by atoms with Gasteiger partial charge in [0.05, 0.1) is 13.2 Å². The van der Waals surface area contributed by atoms with E-state index in [2.05, 4.69) is 103 Å². The van der Waals surface area contributed by atoms with Crippen molar-refractivity contribution in [1.29, 1.82) is 0 Å². The van der Waals surface area contributed by atoms with Crippen LogP contribution in [-0.4, -0.2) is 59.9 Å². The van der Waals surface area contributed by atoms with Crippen LogP contribution in [0.3, 0.4) is 0 Å². The lowest BCUT2D eigenvalue weighted by Crippen LogP contribution is -2.34. The van der Waals surface area contributed by atoms with Gasteiger partial charge >= 0.3 is 25.7 Å². The molecule has 340 valence electrons. The van der Waals surface area contributed by atoms with Crippen LogP contribution in [0, 0.1) is 0 Å². The van der Waals surface area contributed by atoms with E-state index in [1.165, 1.54) is 38.5 Å². The molecule has 0 saturated heterocycles. The molecule has 0 aliphatic carbocycles. The molecule has 11 nitrogen and oxygen atoms in total. The van der Waals surface area contributed by atoms with E-state index >= 15 is 0 Å². The average Bonchev–Trinajstić information content (AvgIpc) is 3.22. The van der Waals surface area contributed by atoms with Crippen molar-refractivity contribution in [2.75, 3.05) is 19.8 Å². The molecule has 12 heteroatoms. The van der Waals surface area contributed by atoms with E-state index in [0.717, 1.165) is 77.0 Å². The number of unbranched alkanes of at least 4 members (excludes halogenated alkanes) is 10. The minimum Gasteiger partial charge on any atom is -0.480 e. The van der Waals surface area contributed by atoms with Gasteiger partial charge in [-0.25, -0.2) is 4.57 Å². The molecule has 0 amide bonds. The third-order valence-electron chi connectivity index (χ3n) is 8.83. The first kappa shape index (κ1) is 56.4. The Bertz CT molecular complexity index is 1380. The van der Waals surface area contributed by atoms with Gasteiger partial charge in [-0.15, -0.1) is 0 Å². The Morgan fingerprint density at radius 1 is 0.533 bits per heavy atom. The molecule has 0 saturated carbocycles. The summed E-state index contributed by atoms with van der Waals surface area (Å²) in [4.78, 5) is 45.9. The first-order valence-corrected chi connectivity index (χ1v) is 23.8. The van der Waals surface area contributed by atoms with Gasteiger partial charge in [-0.2, -0.15) is 0 Å². The molecule has 0 radical (unpaired) electrons. The van der Waals surface area contributed by atoms with Crippen molar-refractivity contribution in [1.82, 2.24) is 0 Å². The molecule has 0 spiro atoms. The van der Waals surface area contributed by atoms with Crippen molar-refractivity contribution < 1.29 is 47.5 Å². The lowest BCUT2D eigenvalue weighted by Gasteiger charge is -2.20. The summed E-state index contributed by atoms with van der Waals surface area (Å²) in [5, 5.41) is 8.89. The predicted octanol–water partition coefficient (Wildman–Crippen LogP) is 12.1. The van der Waals surface area contributed by atoms with Crippen molar-refractivity contribution in [2.45, 2.75) is 167 Å². The van der Waals surface area contributed by atoms with Crippen LogP contribution in [0.15, 0.2) is 97.2 Å². The Kier molecular flexibility index (Phi) is 39.6. The van der Waals surface area contributed by atoms with Crippen LogP contribution in [0.4, 0.5) is 0 Å². The zero-order valence-electron chi connectivity index (χ0n) is 36.8. The Labute approximate surface area is 362 Å². The molecule has 0 aliphatic rings. The van der Waals surface area contributed by atoms with Crippen molar-refractivity contribution in [3.63, 3.8) is 0 Å². The minimum atomic E-state index is -4.74. The van der Waals surface area contributed by atoms with Crippen molar-refractivity contribution in [3.05, 3.63) is 97.2 Å². The van der Waals surface area contributed by atoms with Gasteiger partial charge in [-0.05, 0) is 83.5 Å². The summed E-state index contributed by atoms with van der Waals surface area (Å²) in [7, 11) is -4.74. The quantitative estimate of drug-likeness (QED) is 0.0232. The summed E-state index contributed by atoms with van der Waals surface area (Å²) in [5.41, 5.74) is 5.33. The van der Waals surface area contributed by atoms with Gasteiger partial charge in [0, 0.05) is 12.8 Å². The normalized spacial score (nSPS) is 14.6. The van der Waals surface area contributed by atoms with Crippen LogP contribution in [0.1, 0.15) is 155 Å². The average molecular weight is 860 g/mol. The highest BCUT2D eigenvalue weighted by molar-refractivity contribution is 7.47. The number of carboxylic acids is 1. The molecule has 0 bridgehead atoms. The molecule has 60 heavy (non-hydrogen) atoms. The van der Waals surface area contributed by atoms with Gasteiger partial charge in [-0.3, -0.25) is 23.4 Å². The smallest absolute Gasteiger partial charge is 0.472 e. The van der Waals surface area contributed by atoms with Crippen LogP contribution in [0.5, 0.6) is 0 Å². The first-order valence-electron chi connectivity index (χ1n) is 22.3. The number of hydrogen-bond donors (Lipinski definition) is 3. The Balaban J connectivity index is 4.44. The number of phosphoric acid groups is 1.